The number of piperidine rings is 1. The van der Waals surface area contributed by atoms with Gasteiger partial charge in [-0.15, -0.1) is 0 Å². The number of rotatable bonds is 4. The van der Waals surface area contributed by atoms with Crippen molar-refractivity contribution in [3.05, 3.63) is 46.2 Å². The lowest BCUT2D eigenvalue weighted by atomic mass is 10.00. The summed E-state index contributed by atoms with van der Waals surface area (Å²) in [6, 6.07) is 3.01. The van der Waals surface area contributed by atoms with E-state index < -0.39 is 17.8 Å². The fourth-order valence-electron chi connectivity index (χ4n) is 3.77. The van der Waals surface area contributed by atoms with Gasteiger partial charge in [0.2, 0.25) is 11.4 Å². The van der Waals surface area contributed by atoms with Crippen LogP contribution in [0.25, 0.3) is 11.1 Å². The number of H-pyrrole nitrogens is 1. The zero-order chi connectivity index (χ0) is 22.2. The van der Waals surface area contributed by atoms with E-state index >= 15 is 0 Å². The largest absolute Gasteiger partial charge is 0.408 e. The van der Waals surface area contributed by atoms with E-state index in [0.29, 0.717) is 35.7 Å². The Labute approximate surface area is 175 Å². The van der Waals surface area contributed by atoms with Crippen LogP contribution in [0.1, 0.15) is 30.7 Å². The highest BCUT2D eigenvalue weighted by Crippen LogP contribution is 2.35. The molecular weight excluding hydrogens is 413 g/mol. The van der Waals surface area contributed by atoms with E-state index in [4.69, 9.17) is 4.52 Å². The SMILES string of the molecule is Cc1nc(Nc2cc(-c3cc(N4CCCC[C@@H]4C(F)(F)F)[nH]c(=O)c3)c(C)cn2)no1. The third kappa shape index (κ3) is 4.54. The molecule has 0 saturated carbocycles. The molecule has 0 radical (unpaired) electrons. The Morgan fingerprint density at radius 1 is 1.23 bits per heavy atom. The van der Waals surface area contributed by atoms with Gasteiger partial charge in [-0.3, -0.25) is 4.79 Å². The molecule has 3 aromatic heterocycles. The smallest absolute Gasteiger partial charge is 0.346 e. The number of anilines is 3. The maximum absolute atomic E-state index is 13.6. The minimum Gasteiger partial charge on any atom is -0.346 e. The quantitative estimate of drug-likeness (QED) is 0.638. The Bertz CT molecular complexity index is 1140. The number of nitrogens with zero attached hydrogens (tertiary/aromatic N) is 4. The zero-order valence-electron chi connectivity index (χ0n) is 17.0. The first kappa shape index (κ1) is 20.9. The second-order valence-electron chi connectivity index (χ2n) is 7.51. The Kier molecular flexibility index (Phi) is 5.42. The predicted octanol–water partition coefficient (Wildman–Crippen LogP) is 4.10. The molecule has 0 amide bonds. The summed E-state index contributed by atoms with van der Waals surface area (Å²) in [5.41, 5.74) is 1.44. The Morgan fingerprint density at radius 2 is 2.03 bits per heavy atom. The van der Waals surface area contributed by atoms with E-state index in [1.54, 1.807) is 25.3 Å². The Balaban J connectivity index is 1.71. The van der Waals surface area contributed by atoms with Gasteiger partial charge in [-0.2, -0.15) is 18.2 Å². The van der Waals surface area contributed by atoms with Crippen LogP contribution in [-0.4, -0.2) is 38.9 Å². The zero-order valence-corrected chi connectivity index (χ0v) is 17.0. The second kappa shape index (κ2) is 8.05. The van der Waals surface area contributed by atoms with Gasteiger partial charge in [0.1, 0.15) is 17.7 Å². The maximum atomic E-state index is 13.6. The standard InChI is InChI=1S/C20H21F3N6O2/c1-11-10-24-16(26-19-25-12(2)31-28-19)9-14(11)13-7-17(27-18(30)8-13)29-6-4-3-5-15(29)20(21,22)23/h7-10,15H,3-6H2,1-2H3,(H,27,30)(H,24,26,28)/t15-/m1/s1. The highest BCUT2D eigenvalue weighted by atomic mass is 19.4. The first-order valence-electron chi connectivity index (χ1n) is 9.83. The molecule has 8 nitrogen and oxygen atoms in total. The van der Waals surface area contributed by atoms with Gasteiger partial charge < -0.3 is 19.7 Å². The van der Waals surface area contributed by atoms with Crippen LogP contribution in [0.15, 0.2) is 33.7 Å². The summed E-state index contributed by atoms with van der Waals surface area (Å²) in [7, 11) is 0. The topological polar surface area (TPSA) is 99.9 Å². The van der Waals surface area contributed by atoms with E-state index in [-0.39, 0.29) is 24.7 Å². The molecule has 0 unspecified atom stereocenters. The molecule has 1 aliphatic rings. The molecule has 0 aromatic carbocycles. The van der Waals surface area contributed by atoms with Crippen molar-refractivity contribution in [2.45, 2.75) is 45.3 Å². The lowest BCUT2D eigenvalue weighted by Crippen LogP contribution is -2.49. The molecule has 31 heavy (non-hydrogen) atoms. The van der Waals surface area contributed by atoms with Gasteiger partial charge in [0.25, 0.3) is 5.95 Å². The van der Waals surface area contributed by atoms with Crippen LogP contribution in [-0.2, 0) is 0 Å². The van der Waals surface area contributed by atoms with Gasteiger partial charge in [0.05, 0.1) is 0 Å². The molecular formula is C20H21F3N6O2. The molecule has 4 heterocycles. The summed E-state index contributed by atoms with van der Waals surface area (Å²) in [6.07, 6.45) is -1.64. The van der Waals surface area contributed by atoms with Crippen LogP contribution in [0.5, 0.6) is 0 Å². The summed E-state index contributed by atoms with van der Waals surface area (Å²) < 4.78 is 45.6. The number of hydrogen-bond donors (Lipinski definition) is 2. The van der Waals surface area contributed by atoms with Crippen molar-refractivity contribution in [2.75, 3.05) is 16.8 Å². The third-order valence-electron chi connectivity index (χ3n) is 5.20. The fraction of sp³-hybridized carbons (Fsp3) is 0.400. The lowest BCUT2D eigenvalue weighted by Gasteiger charge is -2.38. The summed E-state index contributed by atoms with van der Waals surface area (Å²) in [6.45, 7) is 3.69. The molecule has 1 atom stereocenters. The first-order chi connectivity index (χ1) is 14.7. The summed E-state index contributed by atoms with van der Waals surface area (Å²) in [5, 5.41) is 6.66. The highest BCUT2D eigenvalue weighted by Gasteiger charge is 2.45. The molecule has 2 N–H and O–H groups in total. The second-order valence-corrected chi connectivity index (χ2v) is 7.51. The van der Waals surface area contributed by atoms with Crippen molar-refractivity contribution >= 4 is 17.6 Å². The summed E-state index contributed by atoms with van der Waals surface area (Å²) in [4.78, 5) is 24.5. The monoisotopic (exact) mass is 434 g/mol. The van der Waals surface area contributed by atoms with Gasteiger partial charge in [0, 0.05) is 25.7 Å². The number of hydrogen-bond acceptors (Lipinski definition) is 7. The molecule has 4 rings (SSSR count). The highest BCUT2D eigenvalue weighted by molar-refractivity contribution is 5.72. The molecule has 1 aliphatic heterocycles. The summed E-state index contributed by atoms with van der Waals surface area (Å²) >= 11 is 0. The molecule has 164 valence electrons. The fourth-order valence-corrected chi connectivity index (χ4v) is 3.77. The number of pyridine rings is 2. The minimum atomic E-state index is -4.38. The molecule has 0 bridgehead atoms. The van der Waals surface area contributed by atoms with E-state index in [9.17, 15) is 18.0 Å². The molecule has 1 fully saturated rings. The van der Waals surface area contributed by atoms with Crippen molar-refractivity contribution in [1.82, 2.24) is 20.1 Å². The molecule has 1 saturated heterocycles. The van der Waals surface area contributed by atoms with Crippen molar-refractivity contribution in [3.63, 3.8) is 0 Å². The maximum Gasteiger partial charge on any atom is 0.408 e. The van der Waals surface area contributed by atoms with Crippen LogP contribution >= 0.6 is 0 Å². The van der Waals surface area contributed by atoms with Crippen molar-refractivity contribution in [2.24, 2.45) is 0 Å². The average Bonchev–Trinajstić information content (AvgIpc) is 3.13. The summed E-state index contributed by atoms with van der Waals surface area (Å²) in [5.74, 6) is 1.18. The normalized spacial score (nSPS) is 17.1. The minimum absolute atomic E-state index is 0.00221. The van der Waals surface area contributed by atoms with Crippen molar-refractivity contribution in [3.8, 4) is 11.1 Å². The third-order valence-corrected chi connectivity index (χ3v) is 5.20. The number of aromatic nitrogens is 4. The van der Waals surface area contributed by atoms with Crippen LogP contribution < -0.4 is 15.8 Å². The van der Waals surface area contributed by atoms with Gasteiger partial charge in [-0.1, -0.05) is 0 Å². The Morgan fingerprint density at radius 3 is 2.74 bits per heavy atom. The number of nitrogens with one attached hydrogen (secondary N) is 2. The molecule has 0 spiro atoms. The Hall–Kier alpha value is -3.37. The van der Waals surface area contributed by atoms with Crippen molar-refractivity contribution in [1.29, 1.82) is 0 Å². The number of aromatic amines is 1. The van der Waals surface area contributed by atoms with Crippen LogP contribution in [0, 0.1) is 13.8 Å². The van der Waals surface area contributed by atoms with Crippen LogP contribution in [0.3, 0.4) is 0 Å². The van der Waals surface area contributed by atoms with E-state index in [0.717, 1.165) is 5.56 Å². The van der Waals surface area contributed by atoms with Gasteiger partial charge in [0.15, 0.2) is 0 Å². The van der Waals surface area contributed by atoms with Crippen LogP contribution in [0.2, 0.25) is 0 Å². The van der Waals surface area contributed by atoms with E-state index in [2.05, 4.69) is 25.4 Å². The van der Waals surface area contributed by atoms with Gasteiger partial charge >= 0.3 is 6.18 Å². The van der Waals surface area contributed by atoms with E-state index in [1.807, 2.05) is 6.92 Å². The first-order valence-corrected chi connectivity index (χ1v) is 9.83. The predicted molar refractivity (Wildman–Crippen MR) is 108 cm³/mol. The van der Waals surface area contributed by atoms with Gasteiger partial charge in [-0.05, 0) is 60.2 Å². The molecule has 0 aliphatic carbocycles. The number of halogens is 3. The molecule has 11 heteroatoms. The lowest BCUT2D eigenvalue weighted by molar-refractivity contribution is -0.152. The number of alkyl halides is 3. The number of aryl methyl sites for hydroxylation is 2. The van der Waals surface area contributed by atoms with E-state index in [1.165, 1.54) is 11.0 Å². The molecule has 3 aromatic rings. The van der Waals surface area contributed by atoms with Crippen LogP contribution in [0.4, 0.5) is 30.8 Å². The van der Waals surface area contributed by atoms with Gasteiger partial charge in [-0.25, -0.2) is 4.98 Å². The van der Waals surface area contributed by atoms with Crippen molar-refractivity contribution < 1.29 is 17.7 Å². The average molecular weight is 434 g/mol.